The molecule has 1 fully saturated rings. The normalized spacial score (nSPS) is 17.1. The molecule has 1 saturated heterocycles. The summed E-state index contributed by atoms with van der Waals surface area (Å²) in [5.41, 5.74) is 1.47. The third kappa shape index (κ3) is 3.55. The Bertz CT molecular complexity index is 970. The van der Waals surface area contributed by atoms with Crippen molar-refractivity contribution in [3.63, 3.8) is 0 Å². The van der Waals surface area contributed by atoms with Crippen LogP contribution in [0.15, 0.2) is 36.4 Å². The van der Waals surface area contributed by atoms with E-state index in [0.717, 1.165) is 48.1 Å². The minimum atomic E-state index is -0.0931. The smallest absolute Gasteiger partial charge is 0.229 e. The molecule has 8 heteroatoms. The zero-order valence-corrected chi connectivity index (χ0v) is 15.4. The Labute approximate surface area is 157 Å². The minimum Gasteiger partial charge on any atom is -0.497 e. The molecule has 2 aromatic heterocycles. The summed E-state index contributed by atoms with van der Waals surface area (Å²) in [6.45, 7) is 3.38. The number of carbonyl (C=O) groups excluding carboxylic acids is 1. The lowest BCUT2D eigenvalue weighted by Crippen LogP contribution is -2.41. The van der Waals surface area contributed by atoms with E-state index >= 15 is 0 Å². The second-order valence-corrected chi connectivity index (χ2v) is 6.72. The molecule has 1 amide bonds. The topological polar surface area (TPSA) is 84.6 Å². The molecule has 3 heterocycles. The first-order chi connectivity index (χ1) is 13.1. The van der Waals surface area contributed by atoms with Gasteiger partial charge in [-0.05, 0) is 44.0 Å². The van der Waals surface area contributed by atoms with Crippen molar-refractivity contribution < 1.29 is 9.53 Å². The van der Waals surface area contributed by atoms with Gasteiger partial charge in [0.1, 0.15) is 11.6 Å². The Morgan fingerprint density at radius 1 is 1.26 bits per heavy atom. The highest BCUT2D eigenvalue weighted by Gasteiger charge is 2.27. The van der Waals surface area contributed by atoms with Gasteiger partial charge in [-0.15, -0.1) is 15.3 Å². The first-order valence-corrected chi connectivity index (χ1v) is 9.03. The first kappa shape index (κ1) is 17.3. The number of aryl methyl sites for hydroxylation is 1. The number of fused-ring (bicyclic) bond motifs is 1. The standard InChI is InChI=1S/C19H22N6O2/c1-13-21-22-17-8-9-18(23-25(13)17)24-10-4-5-14(12-24)19(26)20-15-6-3-7-16(11-15)27-2/h3,6-9,11,14H,4-5,10,12H2,1-2H3,(H,20,26)/t14-/m1/s1. The van der Waals surface area contributed by atoms with Gasteiger partial charge in [0.2, 0.25) is 5.91 Å². The lowest BCUT2D eigenvalue weighted by Gasteiger charge is -2.32. The maximum absolute atomic E-state index is 12.7. The molecular weight excluding hydrogens is 344 g/mol. The van der Waals surface area contributed by atoms with Gasteiger partial charge in [0.25, 0.3) is 0 Å². The van der Waals surface area contributed by atoms with E-state index in [0.29, 0.717) is 6.54 Å². The third-order valence-corrected chi connectivity index (χ3v) is 4.86. The van der Waals surface area contributed by atoms with Crippen molar-refractivity contribution in [2.45, 2.75) is 19.8 Å². The number of anilines is 2. The van der Waals surface area contributed by atoms with Crippen LogP contribution in [0, 0.1) is 12.8 Å². The van der Waals surface area contributed by atoms with E-state index in [2.05, 4.69) is 25.5 Å². The molecule has 8 nitrogen and oxygen atoms in total. The second kappa shape index (κ2) is 7.22. The maximum atomic E-state index is 12.7. The highest BCUT2D eigenvalue weighted by molar-refractivity contribution is 5.93. The number of rotatable bonds is 4. The molecule has 0 saturated carbocycles. The Hall–Kier alpha value is -3.16. The first-order valence-electron chi connectivity index (χ1n) is 9.03. The van der Waals surface area contributed by atoms with Crippen LogP contribution in [0.25, 0.3) is 5.65 Å². The van der Waals surface area contributed by atoms with E-state index in [-0.39, 0.29) is 11.8 Å². The number of nitrogens with one attached hydrogen (secondary N) is 1. The number of carbonyl (C=O) groups is 1. The van der Waals surface area contributed by atoms with Crippen molar-refractivity contribution >= 4 is 23.1 Å². The van der Waals surface area contributed by atoms with Crippen LogP contribution in [0.2, 0.25) is 0 Å². The Kier molecular flexibility index (Phi) is 4.62. The zero-order valence-electron chi connectivity index (χ0n) is 15.4. The summed E-state index contributed by atoms with van der Waals surface area (Å²) in [6, 6.07) is 11.2. The van der Waals surface area contributed by atoms with E-state index in [9.17, 15) is 4.79 Å². The highest BCUT2D eigenvalue weighted by atomic mass is 16.5. The molecule has 27 heavy (non-hydrogen) atoms. The monoisotopic (exact) mass is 366 g/mol. The lowest BCUT2D eigenvalue weighted by molar-refractivity contribution is -0.120. The fourth-order valence-electron chi connectivity index (χ4n) is 3.40. The minimum absolute atomic E-state index is 0.0227. The number of benzene rings is 1. The van der Waals surface area contributed by atoms with Gasteiger partial charge in [-0.1, -0.05) is 6.07 Å². The van der Waals surface area contributed by atoms with Crippen LogP contribution in [0.5, 0.6) is 5.75 Å². The van der Waals surface area contributed by atoms with Crippen molar-refractivity contribution in [1.82, 2.24) is 19.8 Å². The molecule has 1 aromatic carbocycles. The van der Waals surface area contributed by atoms with Crippen LogP contribution < -0.4 is 15.0 Å². The van der Waals surface area contributed by atoms with Gasteiger partial charge in [0.15, 0.2) is 11.5 Å². The summed E-state index contributed by atoms with van der Waals surface area (Å²) in [4.78, 5) is 14.9. The Morgan fingerprint density at radius 2 is 2.15 bits per heavy atom. The number of methoxy groups -OCH3 is 1. The molecule has 1 N–H and O–H groups in total. The predicted octanol–water partition coefficient (Wildman–Crippen LogP) is 2.30. The molecule has 1 aliphatic rings. The summed E-state index contributed by atoms with van der Waals surface area (Å²) < 4.78 is 6.95. The molecule has 3 aromatic rings. The number of amides is 1. The van der Waals surface area contributed by atoms with Gasteiger partial charge < -0.3 is 15.0 Å². The largest absolute Gasteiger partial charge is 0.497 e. The SMILES string of the molecule is COc1cccc(NC(=O)[C@@H]2CCCN(c3ccc4nnc(C)n4n3)C2)c1. The van der Waals surface area contributed by atoms with Crippen LogP contribution in [0.1, 0.15) is 18.7 Å². The molecule has 0 bridgehead atoms. The zero-order chi connectivity index (χ0) is 18.8. The lowest BCUT2D eigenvalue weighted by atomic mass is 9.97. The number of aromatic nitrogens is 4. The molecule has 0 spiro atoms. The molecule has 0 radical (unpaired) electrons. The van der Waals surface area contributed by atoms with Crippen molar-refractivity contribution in [3.05, 3.63) is 42.2 Å². The van der Waals surface area contributed by atoms with Crippen LogP contribution in [0.3, 0.4) is 0 Å². The highest BCUT2D eigenvalue weighted by Crippen LogP contribution is 2.24. The van der Waals surface area contributed by atoms with Gasteiger partial charge in [0, 0.05) is 24.8 Å². The van der Waals surface area contributed by atoms with E-state index in [4.69, 9.17) is 4.74 Å². The van der Waals surface area contributed by atoms with Crippen molar-refractivity contribution in [1.29, 1.82) is 0 Å². The summed E-state index contributed by atoms with van der Waals surface area (Å²) >= 11 is 0. The Balaban J connectivity index is 1.48. The van der Waals surface area contributed by atoms with Gasteiger partial charge in [-0.2, -0.15) is 4.52 Å². The van der Waals surface area contributed by atoms with E-state index in [1.165, 1.54) is 0 Å². The van der Waals surface area contributed by atoms with Gasteiger partial charge in [-0.25, -0.2) is 0 Å². The molecule has 140 valence electrons. The molecule has 1 aliphatic heterocycles. The van der Waals surface area contributed by atoms with E-state index in [1.54, 1.807) is 11.6 Å². The summed E-state index contributed by atoms with van der Waals surface area (Å²) in [6.07, 6.45) is 1.80. The summed E-state index contributed by atoms with van der Waals surface area (Å²) in [5, 5.41) is 15.7. The van der Waals surface area contributed by atoms with Crippen LogP contribution in [0.4, 0.5) is 11.5 Å². The van der Waals surface area contributed by atoms with Crippen LogP contribution >= 0.6 is 0 Å². The fraction of sp³-hybridized carbons (Fsp3) is 0.368. The molecule has 1 atom stereocenters. The van der Waals surface area contributed by atoms with Crippen molar-refractivity contribution in [2.75, 3.05) is 30.4 Å². The maximum Gasteiger partial charge on any atom is 0.229 e. The van der Waals surface area contributed by atoms with Crippen LogP contribution in [-0.2, 0) is 4.79 Å². The molecular formula is C19H22N6O2. The number of hydrogen-bond donors (Lipinski definition) is 1. The molecule has 0 unspecified atom stereocenters. The molecule has 0 aliphatic carbocycles. The van der Waals surface area contributed by atoms with Crippen molar-refractivity contribution in [3.8, 4) is 5.75 Å². The molecule has 4 rings (SSSR count). The van der Waals surface area contributed by atoms with E-state index in [1.807, 2.05) is 43.3 Å². The van der Waals surface area contributed by atoms with Crippen molar-refractivity contribution in [2.24, 2.45) is 5.92 Å². The third-order valence-electron chi connectivity index (χ3n) is 4.86. The summed E-state index contributed by atoms with van der Waals surface area (Å²) in [7, 11) is 1.61. The number of hydrogen-bond acceptors (Lipinski definition) is 6. The van der Waals surface area contributed by atoms with Gasteiger partial charge in [-0.3, -0.25) is 4.79 Å². The Morgan fingerprint density at radius 3 is 3.00 bits per heavy atom. The number of piperidine rings is 1. The van der Waals surface area contributed by atoms with E-state index < -0.39 is 0 Å². The predicted molar refractivity (Wildman–Crippen MR) is 102 cm³/mol. The van der Waals surface area contributed by atoms with Gasteiger partial charge >= 0.3 is 0 Å². The summed E-state index contributed by atoms with van der Waals surface area (Å²) in [5.74, 6) is 2.24. The van der Waals surface area contributed by atoms with Gasteiger partial charge in [0.05, 0.1) is 13.0 Å². The average Bonchev–Trinajstić information content (AvgIpc) is 3.08. The number of ether oxygens (including phenoxy) is 1. The van der Waals surface area contributed by atoms with Crippen LogP contribution in [-0.4, -0.2) is 45.9 Å². The fourth-order valence-corrected chi connectivity index (χ4v) is 3.40. The number of nitrogens with zero attached hydrogens (tertiary/aromatic N) is 5. The second-order valence-electron chi connectivity index (χ2n) is 6.72. The quantitative estimate of drug-likeness (QED) is 0.763. The average molecular weight is 366 g/mol.